The van der Waals surface area contributed by atoms with Crippen LogP contribution in [0.1, 0.15) is 124 Å². The third-order valence-electron chi connectivity index (χ3n) is 8.09. The minimum Gasteiger partial charge on any atom is -0.481 e. The zero-order valence-electron chi connectivity index (χ0n) is 31.4. The van der Waals surface area contributed by atoms with E-state index in [0.29, 0.717) is 37.0 Å². The molecule has 0 saturated heterocycles. The van der Waals surface area contributed by atoms with Crippen molar-refractivity contribution >= 4 is 29.6 Å². The lowest BCUT2D eigenvalue weighted by Crippen LogP contribution is -2.57. The molecule has 11 nitrogen and oxygen atoms in total. The summed E-state index contributed by atoms with van der Waals surface area (Å²) < 4.78 is 15.8. The van der Waals surface area contributed by atoms with Gasteiger partial charge in [0.25, 0.3) is 0 Å². The van der Waals surface area contributed by atoms with Crippen LogP contribution < -0.4 is 10.1 Å². The van der Waals surface area contributed by atoms with Gasteiger partial charge in [0.15, 0.2) is 5.60 Å². The molecule has 0 heterocycles. The first-order valence-electron chi connectivity index (χ1n) is 18.0. The number of unbranched alkanes of at least 4 members (excludes halogenated alkanes) is 8. The van der Waals surface area contributed by atoms with E-state index in [1.165, 1.54) is 18.9 Å². The Hall–Kier alpha value is -4.17. The highest BCUT2D eigenvalue weighted by Crippen LogP contribution is 2.29. The number of aliphatic hydroxyl groups is 1. The Kier molecular flexibility index (Phi) is 21.2. The first-order valence-corrected chi connectivity index (χ1v) is 18.0. The van der Waals surface area contributed by atoms with Crippen molar-refractivity contribution < 1.29 is 48.4 Å². The molecule has 284 valence electrons. The molecule has 3 N–H and O–H groups in total. The number of methoxy groups -OCH3 is 1. The molecule has 0 spiro atoms. The molecule has 1 rings (SSSR count). The van der Waals surface area contributed by atoms with Crippen LogP contribution in [0.15, 0.2) is 36.4 Å². The Morgan fingerprint density at radius 3 is 2.08 bits per heavy atom. The van der Waals surface area contributed by atoms with Crippen LogP contribution in [0.5, 0.6) is 5.75 Å². The fourth-order valence-corrected chi connectivity index (χ4v) is 5.34. The summed E-state index contributed by atoms with van der Waals surface area (Å²) >= 11 is 0. The van der Waals surface area contributed by atoms with Crippen molar-refractivity contribution in [3.05, 3.63) is 42.0 Å². The van der Waals surface area contributed by atoms with Gasteiger partial charge in [-0.1, -0.05) is 75.7 Å². The van der Waals surface area contributed by atoms with Crippen molar-refractivity contribution in [2.45, 2.75) is 142 Å². The van der Waals surface area contributed by atoms with Gasteiger partial charge in [0.1, 0.15) is 29.8 Å². The van der Waals surface area contributed by atoms with E-state index in [1.54, 1.807) is 58.0 Å². The summed E-state index contributed by atoms with van der Waals surface area (Å²) in [4.78, 5) is 64.1. The van der Waals surface area contributed by atoms with Crippen LogP contribution in [0, 0.1) is 17.8 Å². The second kappa shape index (κ2) is 24.1. The highest BCUT2D eigenvalue weighted by molar-refractivity contribution is 5.95. The monoisotopic (exact) mass is 713 g/mol. The summed E-state index contributed by atoms with van der Waals surface area (Å²) in [6, 6.07) is 5.56. The van der Waals surface area contributed by atoms with E-state index in [2.05, 4.69) is 24.1 Å². The number of hydrogen-bond donors (Lipinski definition) is 3. The van der Waals surface area contributed by atoms with Crippen molar-refractivity contribution in [3.8, 4) is 17.6 Å². The molecule has 1 aromatic carbocycles. The van der Waals surface area contributed by atoms with Crippen LogP contribution in [0.4, 0.5) is 0 Å². The van der Waals surface area contributed by atoms with Crippen molar-refractivity contribution in [1.29, 1.82) is 0 Å². The predicted octanol–water partition coefficient (Wildman–Crippen LogP) is 6.28. The van der Waals surface area contributed by atoms with Crippen LogP contribution >= 0.6 is 0 Å². The van der Waals surface area contributed by atoms with Gasteiger partial charge in [-0.3, -0.25) is 14.4 Å². The standard InChI is InChI=1S/C40H59NO10/c1-7-9-11-14-17-20-31(42)21-18-15-12-13-16-19-22-33(40(48,29-35(43)44)38(47)51-39(3,4)5)36(45)41-34(37(46)49-6)28-30-23-25-32(26-24-30)50-27-10-8-2/h19,22-26,33-34,48H,7,9,11-18,20-21,27-29H2,1-6H3,(H,41,45)(H,43,44)/b22-19+/t33-,34+,40+/m1/s1. The molecule has 11 heteroatoms. The van der Waals surface area contributed by atoms with Gasteiger partial charge < -0.3 is 29.7 Å². The van der Waals surface area contributed by atoms with E-state index in [-0.39, 0.29) is 18.8 Å². The van der Waals surface area contributed by atoms with Gasteiger partial charge in [0, 0.05) is 19.3 Å². The molecule has 0 aliphatic heterocycles. The average molecular weight is 714 g/mol. The third kappa shape index (κ3) is 18.6. The molecule has 0 bridgehead atoms. The van der Waals surface area contributed by atoms with Gasteiger partial charge >= 0.3 is 17.9 Å². The molecular formula is C40H59NO10. The van der Waals surface area contributed by atoms with E-state index in [1.807, 2.05) is 0 Å². The highest BCUT2D eigenvalue weighted by Gasteiger charge is 2.51. The number of allylic oxidation sites excluding steroid dienone is 1. The normalized spacial score (nSPS) is 13.6. The lowest BCUT2D eigenvalue weighted by Gasteiger charge is -2.34. The number of Topliss-reactive ketones (excluding diaryl/α,β-unsaturated/α-hetero) is 1. The molecule has 1 aromatic rings. The first-order chi connectivity index (χ1) is 24.2. The second-order valence-corrected chi connectivity index (χ2v) is 13.7. The molecule has 0 fully saturated rings. The molecule has 0 saturated carbocycles. The van der Waals surface area contributed by atoms with Crippen LogP contribution in [0.3, 0.4) is 0 Å². The minimum atomic E-state index is -2.79. The predicted molar refractivity (Wildman–Crippen MR) is 195 cm³/mol. The van der Waals surface area contributed by atoms with Crippen molar-refractivity contribution in [1.82, 2.24) is 5.32 Å². The van der Waals surface area contributed by atoms with Crippen LogP contribution in [0.25, 0.3) is 0 Å². The number of aliphatic carboxylic acids is 1. The van der Waals surface area contributed by atoms with Crippen LogP contribution in [-0.2, 0) is 39.9 Å². The van der Waals surface area contributed by atoms with E-state index >= 15 is 0 Å². The van der Waals surface area contributed by atoms with Gasteiger partial charge in [-0.25, -0.2) is 9.59 Å². The molecule has 0 aliphatic carbocycles. The summed E-state index contributed by atoms with van der Waals surface area (Å²) in [6.07, 6.45) is 12.1. The third-order valence-corrected chi connectivity index (χ3v) is 8.09. The van der Waals surface area contributed by atoms with Crippen LogP contribution in [-0.4, -0.2) is 70.8 Å². The summed E-state index contributed by atoms with van der Waals surface area (Å²) in [5.41, 5.74) is -3.25. The van der Waals surface area contributed by atoms with Gasteiger partial charge in [0.2, 0.25) is 5.91 Å². The number of ether oxygens (including phenoxy) is 3. The van der Waals surface area contributed by atoms with Gasteiger partial charge in [0.05, 0.1) is 19.4 Å². The lowest BCUT2D eigenvalue weighted by atomic mass is 9.82. The maximum absolute atomic E-state index is 13.9. The molecule has 0 aromatic heterocycles. The summed E-state index contributed by atoms with van der Waals surface area (Å²) in [5, 5.41) is 23.9. The number of carboxylic acid groups (broad SMARTS) is 1. The van der Waals surface area contributed by atoms with Crippen molar-refractivity contribution in [2.75, 3.05) is 13.7 Å². The van der Waals surface area contributed by atoms with Gasteiger partial charge in [-0.15, -0.1) is 5.92 Å². The average Bonchev–Trinajstić information content (AvgIpc) is 3.06. The Morgan fingerprint density at radius 2 is 1.53 bits per heavy atom. The van der Waals surface area contributed by atoms with E-state index < -0.39 is 53.4 Å². The van der Waals surface area contributed by atoms with E-state index in [0.717, 1.165) is 45.6 Å². The quantitative estimate of drug-likeness (QED) is 0.0455. The Labute approximate surface area is 303 Å². The maximum atomic E-state index is 13.9. The summed E-state index contributed by atoms with van der Waals surface area (Å²) in [6.45, 7) is 8.74. The first kappa shape index (κ1) is 44.9. The van der Waals surface area contributed by atoms with Crippen molar-refractivity contribution in [3.63, 3.8) is 0 Å². The van der Waals surface area contributed by atoms with Gasteiger partial charge in [-0.2, -0.15) is 0 Å². The number of carboxylic acids is 1. The number of hydrogen-bond acceptors (Lipinski definition) is 9. The number of ketones is 1. The fourth-order valence-electron chi connectivity index (χ4n) is 5.34. The van der Waals surface area contributed by atoms with E-state index in [4.69, 9.17) is 14.2 Å². The largest absolute Gasteiger partial charge is 0.481 e. The van der Waals surface area contributed by atoms with Crippen molar-refractivity contribution in [2.24, 2.45) is 5.92 Å². The summed E-state index contributed by atoms with van der Waals surface area (Å²) in [7, 11) is 1.16. The number of benzene rings is 1. The highest BCUT2D eigenvalue weighted by atomic mass is 16.6. The number of carbonyl (C=O) groups excluding carboxylic acids is 4. The summed E-state index contributed by atoms with van der Waals surface area (Å²) in [5.74, 6) is 0.115. The zero-order chi connectivity index (χ0) is 38.3. The fraction of sp³-hybridized carbons (Fsp3) is 0.625. The second-order valence-electron chi connectivity index (χ2n) is 13.7. The van der Waals surface area contributed by atoms with Gasteiger partial charge in [-0.05, 0) is 71.1 Å². The molecular weight excluding hydrogens is 654 g/mol. The number of amides is 1. The molecule has 1 amide bonds. The SMILES string of the molecule is CC#CCOc1ccc(C[C@H](NC(=O)[C@@H](/C=C/CCCCCCC(=O)CCCCCCC)[C@@](O)(CC(=O)O)C(=O)OC(C)(C)C)C(=O)OC)cc1. The number of carbonyl (C=O) groups is 5. The topological polar surface area (TPSA) is 166 Å². The number of nitrogens with one attached hydrogen (secondary N) is 1. The number of esters is 2. The van der Waals surface area contributed by atoms with Crippen LogP contribution in [0.2, 0.25) is 0 Å². The Morgan fingerprint density at radius 1 is 0.922 bits per heavy atom. The minimum absolute atomic E-state index is 0.00491. The molecule has 3 atom stereocenters. The molecule has 0 aliphatic rings. The smallest absolute Gasteiger partial charge is 0.340 e. The zero-order valence-corrected chi connectivity index (χ0v) is 31.4. The number of rotatable bonds is 25. The van der Waals surface area contributed by atoms with E-state index in [9.17, 15) is 34.2 Å². The Bertz CT molecular complexity index is 1340. The molecule has 0 radical (unpaired) electrons. The Balaban J connectivity index is 3.10. The molecule has 0 unspecified atom stereocenters. The lowest BCUT2D eigenvalue weighted by molar-refractivity contribution is -0.187. The molecule has 51 heavy (non-hydrogen) atoms. The maximum Gasteiger partial charge on any atom is 0.340 e.